The molecule has 142 valence electrons. The Morgan fingerprint density at radius 1 is 1.22 bits per heavy atom. The molecule has 1 atom stereocenters. The first kappa shape index (κ1) is 18.3. The summed E-state index contributed by atoms with van der Waals surface area (Å²) in [6.45, 7) is 8.42. The molecule has 1 fully saturated rings. The second kappa shape index (κ2) is 7.52. The van der Waals surface area contributed by atoms with Crippen LogP contribution in [-0.2, 0) is 0 Å². The van der Waals surface area contributed by atoms with Crippen molar-refractivity contribution in [3.05, 3.63) is 52.4 Å². The van der Waals surface area contributed by atoms with Gasteiger partial charge < -0.3 is 5.32 Å². The third-order valence-corrected chi connectivity index (χ3v) is 6.83. The van der Waals surface area contributed by atoms with Gasteiger partial charge in [-0.2, -0.15) is 0 Å². The highest BCUT2D eigenvalue weighted by molar-refractivity contribution is 7.18. The summed E-state index contributed by atoms with van der Waals surface area (Å²) >= 11 is 1.73. The van der Waals surface area contributed by atoms with Crippen molar-refractivity contribution in [2.24, 2.45) is 0 Å². The fraction of sp³-hybridized carbons (Fsp3) is 0.429. The number of anilines is 1. The maximum absolute atomic E-state index is 13.5. The molecule has 0 spiro atoms. The molecule has 0 aliphatic carbocycles. The second-order valence-corrected chi connectivity index (χ2v) is 8.57. The molecule has 27 heavy (non-hydrogen) atoms. The van der Waals surface area contributed by atoms with Crippen LogP contribution in [0.2, 0.25) is 0 Å². The minimum Gasteiger partial charge on any atom is -0.367 e. The fourth-order valence-electron chi connectivity index (χ4n) is 3.89. The number of hydrogen-bond acceptors (Lipinski definition) is 5. The Morgan fingerprint density at radius 2 is 2.00 bits per heavy atom. The van der Waals surface area contributed by atoms with Gasteiger partial charge in [0.25, 0.3) is 0 Å². The van der Waals surface area contributed by atoms with Crippen LogP contribution in [0, 0.1) is 19.7 Å². The molecule has 1 aliphatic rings. The monoisotopic (exact) mass is 384 g/mol. The van der Waals surface area contributed by atoms with Crippen LogP contribution in [0.3, 0.4) is 0 Å². The Balaban J connectivity index is 1.43. The third kappa shape index (κ3) is 3.69. The highest BCUT2D eigenvalue weighted by Crippen LogP contribution is 2.33. The first-order valence-electron chi connectivity index (χ1n) is 9.49. The van der Waals surface area contributed by atoms with E-state index in [1.54, 1.807) is 29.8 Å². The Kier molecular flexibility index (Phi) is 5.10. The van der Waals surface area contributed by atoms with Gasteiger partial charge in [0.15, 0.2) is 0 Å². The van der Waals surface area contributed by atoms with Crippen LogP contribution in [0.5, 0.6) is 0 Å². The van der Waals surface area contributed by atoms with Crippen molar-refractivity contribution >= 4 is 27.4 Å². The zero-order valence-corrected chi connectivity index (χ0v) is 16.8. The van der Waals surface area contributed by atoms with Crippen LogP contribution in [0.15, 0.2) is 30.6 Å². The number of rotatable bonds is 4. The van der Waals surface area contributed by atoms with E-state index in [4.69, 9.17) is 0 Å². The van der Waals surface area contributed by atoms with Gasteiger partial charge in [-0.15, -0.1) is 11.3 Å². The van der Waals surface area contributed by atoms with Gasteiger partial charge in [0.05, 0.1) is 5.39 Å². The van der Waals surface area contributed by atoms with Crippen molar-refractivity contribution in [3.63, 3.8) is 0 Å². The topological polar surface area (TPSA) is 41.1 Å². The molecule has 3 heterocycles. The summed E-state index contributed by atoms with van der Waals surface area (Å²) in [5.74, 6) is 0.795. The van der Waals surface area contributed by atoms with Gasteiger partial charge >= 0.3 is 0 Å². The number of benzene rings is 1. The van der Waals surface area contributed by atoms with E-state index in [-0.39, 0.29) is 11.9 Å². The molecule has 6 heteroatoms. The first-order chi connectivity index (χ1) is 13.0. The van der Waals surface area contributed by atoms with Crippen LogP contribution in [0.4, 0.5) is 10.2 Å². The molecule has 0 amide bonds. The van der Waals surface area contributed by atoms with Gasteiger partial charge in [-0.3, -0.25) is 4.90 Å². The van der Waals surface area contributed by atoms with Crippen LogP contribution < -0.4 is 5.32 Å². The summed E-state index contributed by atoms with van der Waals surface area (Å²) in [7, 11) is 0. The predicted molar refractivity (Wildman–Crippen MR) is 110 cm³/mol. The van der Waals surface area contributed by atoms with E-state index in [1.807, 2.05) is 6.07 Å². The van der Waals surface area contributed by atoms with Crippen molar-refractivity contribution in [2.45, 2.75) is 45.7 Å². The van der Waals surface area contributed by atoms with E-state index < -0.39 is 0 Å². The molecule has 1 aromatic carbocycles. The van der Waals surface area contributed by atoms with E-state index in [9.17, 15) is 4.39 Å². The molecular weight excluding hydrogens is 359 g/mol. The number of thiophene rings is 1. The zero-order valence-electron chi connectivity index (χ0n) is 16.0. The van der Waals surface area contributed by atoms with Crippen molar-refractivity contribution in [3.8, 4) is 0 Å². The average molecular weight is 385 g/mol. The standard InChI is InChI=1S/C21H25FN4S/c1-13-15(3)27-21-19(13)20(23-12-24-21)25-18-7-9-26(10-8-18)14(2)16-5-4-6-17(22)11-16/h4-6,11-12,14,18H,7-10H2,1-3H3,(H,23,24,25). The third-order valence-electron chi connectivity index (χ3n) is 5.71. The Hall–Kier alpha value is -2.05. The Bertz CT molecular complexity index is 947. The number of piperidine rings is 1. The molecule has 3 aromatic rings. The van der Waals surface area contributed by atoms with E-state index >= 15 is 0 Å². The molecule has 1 N–H and O–H groups in total. The summed E-state index contributed by atoms with van der Waals surface area (Å²) in [6, 6.07) is 7.59. The van der Waals surface area contributed by atoms with E-state index in [2.05, 4.69) is 41.0 Å². The molecule has 1 saturated heterocycles. The lowest BCUT2D eigenvalue weighted by Crippen LogP contribution is -2.40. The molecular formula is C21H25FN4S. The normalized spacial score (nSPS) is 17.3. The van der Waals surface area contributed by atoms with Gasteiger partial charge in [-0.05, 0) is 56.9 Å². The Morgan fingerprint density at radius 3 is 2.74 bits per heavy atom. The summed E-state index contributed by atoms with van der Waals surface area (Å²) in [5.41, 5.74) is 2.32. The molecule has 1 unspecified atom stereocenters. The van der Waals surface area contributed by atoms with E-state index in [0.29, 0.717) is 6.04 Å². The number of halogens is 1. The maximum Gasteiger partial charge on any atom is 0.138 e. The SMILES string of the molecule is Cc1sc2ncnc(NC3CCN(C(C)c4cccc(F)c4)CC3)c2c1C. The molecule has 0 saturated carbocycles. The van der Waals surface area contributed by atoms with Crippen molar-refractivity contribution in [1.82, 2.24) is 14.9 Å². The number of hydrogen-bond donors (Lipinski definition) is 1. The summed E-state index contributed by atoms with van der Waals surface area (Å²) < 4.78 is 13.5. The number of aromatic nitrogens is 2. The van der Waals surface area contributed by atoms with E-state index in [1.165, 1.54) is 16.5 Å². The summed E-state index contributed by atoms with van der Waals surface area (Å²) in [6.07, 6.45) is 3.75. The van der Waals surface area contributed by atoms with Crippen LogP contribution in [0.25, 0.3) is 10.2 Å². The van der Waals surface area contributed by atoms with E-state index in [0.717, 1.165) is 47.5 Å². The van der Waals surface area contributed by atoms with Crippen molar-refractivity contribution < 1.29 is 4.39 Å². The quantitative estimate of drug-likeness (QED) is 0.681. The molecule has 0 radical (unpaired) electrons. The molecule has 1 aliphatic heterocycles. The Labute approximate surface area is 163 Å². The highest BCUT2D eigenvalue weighted by atomic mass is 32.1. The van der Waals surface area contributed by atoms with Gasteiger partial charge in [0.1, 0.15) is 22.8 Å². The smallest absolute Gasteiger partial charge is 0.138 e. The molecule has 4 nitrogen and oxygen atoms in total. The van der Waals surface area contributed by atoms with Crippen LogP contribution in [0.1, 0.15) is 41.8 Å². The number of nitrogens with zero attached hydrogens (tertiary/aromatic N) is 3. The van der Waals surface area contributed by atoms with Crippen LogP contribution in [-0.4, -0.2) is 34.0 Å². The van der Waals surface area contributed by atoms with Gasteiger partial charge in [0.2, 0.25) is 0 Å². The van der Waals surface area contributed by atoms with Crippen molar-refractivity contribution in [2.75, 3.05) is 18.4 Å². The minimum absolute atomic E-state index is 0.162. The highest BCUT2D eigenvalue weighted by Gasteiger charge is 2.24. The second-order valence-electron chi connectivity index (χ2n) is 7.37. The first-order valence-corrected chi connectivity index (χ1v) is 10.3. The van der Waals surface area contributed by atoms with Gasteiger partial charge in [-0.25, -0.2) is 14.4 Å². The lowest BCUT2D eigenvalue weighted by molar-refractivity contribution is 0.167. The lowest BCUT2D eigenvalue weighted by Gasteiger charge is -2.36. The predicted octanol–water partition coefficient (Wildman–Crippen LogP) is 5.08. The summed E-state index contributed by atoms with van der Waals surface area (Å²) in [5, 5.41) is 4.82. The molecule has 4 rings (SSSR count). The number of fused-ring (bicyclic) bond motifs is 1. The van der Waals surface area contributed by atoms with Gasteiger partial charge in [-0.1, -0.05) is 12.1 Å². The lowest BCUT2D eigenvalue weighted by atomic mass is 10.00. The molecule has 2 aromatic heterocycles. The zero-order chi connectivity index (χ0) is 19.0. The van der Waals surface area contributed by atoms with Crippen molar-refractivity contribution in [1.29, 1.82) is 0 Å². The number of nitrogens with one attached hydrogen (secondary N) is 1. The number of likely N-dealkylation sites (tertiary alicyclic amines) is 1. The largest absolute Gasteiger partial charge is 0.367 e. The maximum atomic E-state index is 13.5. The minimum atomic E-state index is -0.162. The van der Waals surface area contributed by atoms with Gasteiger partial charge in [0, 0.05) is 30.1 Å². The molecule has 0 bridgehead atoms. The van der Waals surface area contributed by atoms with Crippen LogP contribution >= 0.6 is 11.3 Å². The number of aryl methyl sites for hydroxylation is 2. The summed E-state index contributed by atoms with van der Waals surface area (Å²) in [4.78, 5) is 13.7. The average Bonchev–Trinajstić information content (AvgIpc) is 2.97. The fourth-order valence-corrected chi connectivity index (χ4v) is 4.89.